The number of hydrogen-bond acceptors (Lipinski definition) is 2. The van der Waals surface area contributed by atoms with E-state index in [0.29, 0.717) is 23.4 Å². The molecule has 0 spiro atoms. The molecule has 4 nitrogen and oxygen atoms in total. The molecule has 0 aliphatic heterocycles. The molecule has 0 unspecified atom stereocenters. The number of amides is 2. The highest BCUT2D eigenvalue weighted by molar-refractivity contribution is 6.04. The van der Waals surface area contributed by atoms with Crippen molar-refractivity contribution in [3.05, 3.63) is 65.2 Å². The van der Waals surface area contributed by atoms with Gasteiger partial charge in [-0.15, -0.1) is 6.42 Å². The van der Waals surface area contributed by atoms with E-state index in [2.05, 4.69) is 16.6 Å². The van der Waals surface area contributed by atoms with E-state index >= 15 is 0 Å². The SMILES string of the molecule is C#Cc1cccc(NC(=O)c2ccc(CNC(C)=O)cc2)c1. The van der Waals surface area contributed by atoms with Crippen LogP contribution < -0.4 is 10.6 Å². The van der Waals surface area contributed by atoms with Gasteiger partial charge in [0.05, 0.1) is 0 Å². The highest BCUT2D eigenvalue weighted by Gasteiger charge is 2.06. The van der Waals surface area contributed by atoms with Gasteiger partial charge in [-0.25, -0.2) is 0 Å². The zero-order chi connectivity index (χ0) is 15.9. The molecule has 0 saturated heterocycles. The summed E-state index contributed by atoms with van der Waals surface area (Å²) in [6.45, 7) is 1.91. The van der Waals surface area contributed by atoms with Gasteiger partial charge in [0, 0.05) is 30.3 Å². The lowest BCUT2D eigenvalue weighted by Gasteiger charge is -2.07. The van der Waals surface area contributed by atoms with Gasteiger partial charge in [0.15, 0.2) is 0 Å². The van der Waals surface area contributed by atoms with E-state index in [1.54, 1.807) is 36.4 Å². The van der Waals surface area contributed by atoms with E-state index in [-0.39, 0.29) is 11.8 Å². The number of nitrogens with one attached hydrogen (secondary N) is 2. The lowest BCUT2D eigenvalue weighted by molar-refractivity contribution is -0.119. The van der Waals surface area contributed by atoms with E-state index < -0.39 is 0 Å². The molecule has 0 aliphatic carbocycles. The molecule has 0 aromatic heterocycles. The fourth-order valence-corrected chi connectivity index (χ4v) is 1.89. The standard InChI is InChI=1S/C18H16N2O2/c1-3-14-5-4-6-17(11-14)20-18(22)16-9-7-15(8-10-16)12-19-13(2)21/h1,4-11H,12H2,2H3,(H,19,21)(H,20,22). The molecule has 0 atom stereocenters. The Bertz CT molecular complexity index is 727. The first-order valence-electron chi connectivity index (χ1n) is 6.80. The second kappa shape index (κ2) is 7.09. The number of terminal acetylenes is 1. The Hall–Kier alpha value is -3.06. The third-order valence-corrected chi connectivity index (χ3v) is 3.04. The van der Waals surface area contributed by atoms with Crippen LogP contribution >= 0.6 is 0 Å². The summed E-state index contributed by atoms with van der Waals surface area (Å²) in [5.74, 6) is 2.23. The van der Waals surface area contributed by atoms with Gasteiger partial charge >= 0.3 is 0 Å². The second-order valence-electron chi connectivity index (χ2n) is 4.79. The molecule has 4 heteroatoms. The lowest BCUT2D eigenvalue weighted by Crippen LogP contribution is -2.19. The third-order valence-electron chi connectivity index (χ3n) is 3.04. The normalized spacial score (nSPS) is 9.64. The Labute approximate surface area is 129 Å². The molecule has 2 aromatic carbocycles. The molecule has 2 N–H and O–H groups in total. The van der Waals surface area contributed by atoms with Crippen LogP contribution in [0, 0.1) is 12.3 Å². The Kier molecular flexibility index (Phi) is 4.94. The van der Waals surface area contributed by atoms with Crippen LogP contribution in [0.1, 0.15) is 28.4 Å². The van der Waals surface area contributed by atoms with Gasteiger partial charge < -0.3 is 10.6 Å². The second-order valence-corrected chi connectivity index (χ2v) is 4.79. The summed E-state index contributed by atoms with van der Waals surface area (Å²) in [6, 6.07) is 14.2. The van der Waals surface area contributed by atoms with Crippen LogP contribution in [0.4, 0.5) is 5.69 Å². The number of hydrogen-bond donors (Lipinski definition) is 2. The summed E-state index contributed by atoms with van der Waals surface area (Å²) in [4.78, 5) is 23.0. The van der Waals surface area contributed by atoms with Crippen LogP contribution in [0.2, 0.25) is 0 Å². The fraction of sp³-hybridized carbons (Fsp3) is 0.111. The molecule has 22 heavy (non-hydrogen) atoms. The molecule has 0 radical (unpaired) electrons. The van der Waals surface area contributed by atoms with Crippen molar-refractivity contribution in [1.82, 2.24) is 5.32 Å². The van der Waals surface area contributed by atoms with E-state index in [0.717, 1.165) is 5.56 Å². The summed E-state index contributed by atoms with van der Waals surface area (Å²) < 4.78 is 0. The maximum atomic E-state index is 12.2. The smallest absolute Gasteiger partial charge is 0.255 e. The Balaban J connectivity index is 2.03. The fourth-order valence-electron chi connectivity index (χ4n) is 1.89. The number of rotatable bonds is 4. The zero-order valence-corrected chi connectivity index (χ0v) is 12.2. The number of carbonyl (C=O) groups is 2. The van der Waals surface area contributed by atoms with Crippen molar-refractivity contribution in [1.29, 1.82) is 0 Å². The molecule has 0 aliphatic rings. The molecule has 0 heterocycles. The van der Waals surface area contributed by atoms with Gasteiger partial charge in [0.2, 0.25) is 5.91 Å². The molecule has 2 aromatic rings. The lowest BCUT2D eigenvalue weighted by atomic mass is 10.1. The Morgan fingerprint density at radius 3 is 2.50 bits per heavy atom. The van der Waals surface area contributed by atoms with Crippen LogP contribution in [0.15, 0.2) is 48.5 Å². The summed E-state index contributed by atoms with van der Waals surface area (Å²) in [6.07, 6.45) is 5.33. The third kappa shape index (κ3) is 4.22. The number of carbonyl (C=O) groups excluding carboxylic acids is 2. The van der Waals surface area contributed by atoms with Crippen LogP contribution in [-0.4, -0.2) is 11.8 Å². The minimum absolute atomic E-state index is 0.0878. The summed E-state index contributed by atoms with van der Waals surface area (Å²) in [5, 5.41) is 5.50. The van der Waals surface area contributed by atoms with Gasteiger partial charge in [-0.3, -0.25) is 9.59 Å². The van der Waals surface area contributed by atoms with Crippen molar-refractivity contribution in [2.75, 3.05) is 5.32 Å². The molecule has 0 bridgehead atoms. The molecular weight excluding hydrogens is 276 g/mol. The van der Waals surface area contributed by atoms with Gasteiger partial charge in [-0.1, -0.05) is 24.1 Å². The first kappa shape index (κ1) is 15.3. The average Bonchev–Trinajstić information content (AvgIpc) is 2.53. The Morgan fingerprint density at radius 2 is 1.86 bits per heavy atom. The monoisotopic (exact) mass is 292 g/mol. The molecule has 2 amide bonds. The zero-order valence-electron chi connectivity index (χ0n) is 12.2. The van der Waals surface area contributed by atoms with Crippen molar-refractivity contribution >= 4 is 17.5 Å². The van der Waals surface area contributed by atoms with E-state index in [1.807, 2.05) is 12.1 Å². The predicted octanol–water partition coefficient (Wildman–Crippen LogP) is 2.56. The topological polar surface area (TPSA) is 58.2 Å². The first-order valence-corrected chi connectivity index (χ1v) is 6.80. The number of anilines is 1. The van der Waals surface area contributed by atoms with Crippen LogP contribution in [0.5, 0.6) is 0 Å². The van der Waals surface area contributed by atoms with Crippen LogP contribution in [-0.2, 0) is 11.3 Å². The van der Waals surface area contributed by atoms with Crippen molar-refractivity contribution in [2.24, 2.45) is 0 Å². The van der Waals surface area contributed by atoms with Gasteiger partial charge in [-0.05, 0) is 35.9 Å². The quantitative estimate of drug-likeness (QED) is 0.851. The Morgan fingerprint density at radius 1 is 1.14 bits per heavy atom. The van der Waals surface area contributed by atoms with E-state index in [4.69, 9.17) is 6.42 Å². The maximum Gasteiger partial charge on any atom is 0.255 e. The molecule has 0 saturated carbocycles. The first-order chi connectivity index (χ1) is 10.6. The van der Waals surface area contributed by atoms with Gasteiger partial charge in [0.1, 0.15) is 0 Å². The minimum atomic E-state index is -0.208. The van der Waals surface area contributed by atoms with Crippen molar-refractivity contribution in [2.45, 2.75) is 13.5 Å². The predicted molar refractivity (Wildman–Crippen MR) is 86.3 cm³/mol. The molecular formula is C18H16N2O2. The van der Waals surface area contributed by atoms with Crippen LogP contribution in [0.3, 0.4) is 0 Å². The van der Waals surface area contributed by atoms with Crippen molar-refractivity contribution < 1.29 is 9.59 Å². The highest BCUT2D eigenvalue weighted by Crippen LogP contribution is 2.12. The average molecular weight is 292 g/mol. The van der Waals surface area contributed by atoms with Crippen molar-refractivity contribution in [3.63, 3.8) is 0 Å². The summed E-state index contributed by atoms with van der Waals surface area (Å²) in [7, 11) is 0. The summed E-state index contributed by atoms with van der Waals surface area (Å²) >= 11 is 0. The molecule has 110 valence electrons. The molecule has 2 rings (SSSR count). The highest BCUT2D eigenvalue weighted by atomic mass is 16.2. The van der Waals surface area contributed by atoms with Gasteiger partial charge in [-0.2, -0.15) is 0 Å². The number of benzene rings is 2. The van der Waals surface area contributed by atoms with E-state index in [9.17, 15) is 9.59 Å². The van der Waals surface area contributed by atoms with E-state index in [1.165, 1.54) is 6.92 Å². The van der Waals surface area contributed by atoms with Crippen LogP contribution in [0.25, 0.3) is 0 Å². The molecule has 0 fully saturated rings. The van der Waals surface area contributed by atoms with Crippen molar-refractivity contribution in [3.8, 4) is 12.3 Å². The van der Waals surface area contributed by atoms with Gasteiger partial charge in [0.25, 0.3) is 5.91 Å². The maximum absolute atomic E-state index is 12.2. The summed E-state index contributed by atoms with van der Waals surface area (Å²) in [5.41, 5.74) is 2.84. The largest absolute Gasteiger partial charge is 0.352 e. The minimum Gasteiger partial charge on any atom is -0.352 e.